The van der Waals surface area contributed by atoms with Gasteiger partial charge in [-0.3, -0.25) is 4.79 Å². The first kappa shape index (κ1) is 23.9. The molecular weight excluding hydrogens is 386 g/mol. The van der Waals surface area contributed by atoms with Crippen LogP contribution >= 0.6 is 12.4 Å². The van der Waals surface area contributed by atoms with E-state index in [1.54, 1.807) is 12.1 Å². The quantitative estimate of drug-likeness (QED) is 0.713. The van der Waals surface area contributed by atoms with Gasteiger partial charge in [0.05, 0.1) is 4.90 Å². The van der Waals surface area contributed by atoms with Gasteiger partial charge in [-0.1, -0.05) is 13.0 Å². The third-order valence-electron chi connectivity index (χ3n) is 5.08. The number of sulfonamides is 1. The predicted molar refractivity (Wildman–Crippen MR) is 111 cm³/mol. The molecule has 0 aromatic heterocycles. The number of nitrogens with one attached hydrogen (secondary N) is 2. The molecule has 1 aliphatic heterocycles. The maximum atomic E-state index is 12.8. The number of carbonyl (C=O) groups excluding carboxylic acids is 1. The largest absolute Gasteiger partial charge is 0.354 e. The van der Waals surface area contributed by atoms with Crippen molar-refractivity contribution in [3.63, 3.8) is 0 Å². The Labute approximate surface area is 169 Å². The van der Waals surface area contributed by atoms with Crippen LogP contribution < -0.4 is 10.6 Å². The van der Waals surface area contributed by atoms with E-state index >= 15 is 0 Å². The van der Waals surface area contributed by atoms with Crippen LogP contribution in [0.1, 0.15) is 37.8 Å². The fourth-order valence-electron chi connectivity index (χ4n) is 3.20. The van der Waals surface area contributed by atoms with Crippen LogP contribution in [0.4, 0.5) is 0 Å². The summed E-state index contributed by atoms with van der Waals surface area (Å²) in [5, 5.41) is 6.22. The summed E-state index contributed by atoms with van der Waals surface area (Å²) in [4.78, 5) is 12.6. The van der Waals surface area contributed by atoms with Gasteiger partial charge in [0.1, 0.15) is 0 Å². The van der Waals surface area contributed by atoms with Gasteiger partial charge in [-0.15, -0.1) is 12.4 Å². The molecule has 0 saturated carbocycles. The number of hydrogen-bond donors (Lipinski definition) is 2. The van der Waals surface area contributed by atoms with Gasteiger partial charge in [0.25, 0.3) is 0 Å². The van der Waals surface area contributed by atoms with E-state index < -0.39 is 10.0 Å². The summed E-state index contributed by atoms with van der Waals surface area (Å²) in [6, 6.07) is 5.46. The lowest BCUT2D eigenvalue weighted by Gasteiger charge is -2.31. The maximum absolute atomic E-state index is 12.8. The van der Waals surface area contributed by atoms with Crippen LogP contribution in [-0.4, -0.2) is 50.9 Å². The zero-order valence-corrected chi connectivity index (χ0v) is 18.3. The number of piperidine rings is 1. The molecule has 8 heteroatoms. The molecule has 0 bridgehead atoms. The summed E-state index contributed by atoms with van der Waals surface area (Å²) >= 11 is 0. The molecule has 1 saturated heterocycles. The Hall–Kier alpha value is -1.15. The van der Waals surface area contributed by atoms with Crippen molar-refractivity contribution in [3.05, 3.63) is 29.3 Å². The number of rotatable bonds is 7. The highest BCUT2D eigenvalue weighted by Gasteiger charge is 2.32. The molecule has 1 aromatic rings. The van der Waals surface area contributed by atoms with Gasteiger partial charge in [-0.2, -0.15) is 4.31 Å². The number of halogens is 1. The Morgan fingerprint density at radius 1 is 1.22 bits per heavy atom. The van der Waals surface area contributed by atoms with Gasteiger partial charge in [0.15, 0.2) is 0 Å². The average Bonchev–Trinajstić information content (AvgIpc) is 2.62. The summed E-state index contributed by atoms with van der Waals surface area (Å²) in [6.45, 7) is 10.2. The van der Waals surface area contributed by atoms with Crippen molar-refractivity contribution in [3.8, 4) is 0 Å². The molecule has 1 amide bonds. The molecular formula is C19H32ClN3O3S. The van der Waals surface area contributed by atoms with Crippen molar-refractivity contribution in [2.24, 2.45) is 5.92 Å². The monoisotopic (exact) mass is 417 g/mol. The molecule has 1 aliphatic rings. The van der Waals surface area contributed by atoms with Gasteiger partial charge in [-0.25, -0.2) is 8.42 Å². The second kappa shape index (κ2) is 10.4. The van der Waals surface area contributed by atoms with Crippen LogP contribution in [0, 0.1) is 19.8 Å². The van der Waals surface area contributed by atoms with Gasteiger partial charge in [0.2, 0.25) is 15.9 Å². The Morgan fingerprint density at radius 3 is 2.41 bits per heavy atom. The Balaban J connectivity index is 0.00000364. The minimum atomic E-state index is -3.49. The van der Waals surface area contributed by atoms with Crippen molar-refractivity contribution in [1.29, 1.82) is 0 Å². The molecule has 0 spiro atoms. The third kappa shape index (κ3) is 6.17. The zero-order chi connectivity index (χ0) is 19.3. The van der Waals surface area contributed by atoms with Crippen molar-refractivity contribution < 1.29 is 13.2 Å². The molecule has 27 heavy (non-hydrogen) atoms. The second-order valence-corrected chi connectivity index (χ2v) is 9.07. The number of hydrogen-bond acceptors (Lipinski definition) is 4. The number of carbonyl (C=O) groups is 1. The minimum Gasteiger partial charge on any atom is -0.354 e. The fraction of sp³-hybridized carbons (Fsp3) is 0.632. The molecule has 154 valence electrons. The summed E-state index contributed by atoms with van der Waals surface area (Å²) in [6.07, 6.45) is 1.12. The molecule has 1 fully saturated rings. The molecule has 2 N–H and O–H groups in total. The number of likely N-dealkylation sites (N-methyl/N-ethyl adjacent to an activating group) is 1. The normalized spacial score (nSPS) is 17.2. The first-order chi connectivity index (χ1) is 12.3. The fourth-order valence-corrected chi connectivity index (χ4v) is 4.76. The van der Waals surface area contributed by atoms with E-state index in [2.05, 4.69) is 10.6 Å². The molecule has 6 nitrogen and oxygen atoms in total. The van der Waals surface area contributed by atoms with Crippen molar-refractivity contribution in [2.75, 3.05) is 26.2 Å². The summed E-state index contributed by atoms with van der Waals surface area (Å²) in [5.74, 6) is -0.0898. The van der Waals surface area contributed by atoms with E-state index in [0.29, 0.717) is 37.4 Å². The highest BCUT2D eigenvalue weighted by Crippen LogP contribution is 2.25. The van der Waals surface area contributed by atoms with Crippen LogP contribution in [-0.2, 0) is 14.8 Å². The van der Waals surface area contributed by atoms with Gasteiger partial charge >= 0.3 is 0 Å². The number of amides is 1. The molecule has 1 atom stereocenters. The predicted octanol–water partition coefficient (Wildman–Crippen LogP) is 2.24. The van der Waals surface area contributed by atoms with E-state index in [9.17, 15) is 13.2 Å². The standard InChI is InChI=1S/C19H31N3O3S.ClH/c1-5-20-16(4)13-21-19(23)17-8-10-22(11-9-17)26(24,25)18-7-6-14(2)15(3)12-18;/h6-7,12,16-17,20H,5,8-11,13H2,1-4H3,(H,21,23);1H/t16-;/m1./s1. The molecule has 0 radical (unpaired) electrons. The van der Waals surface area contributed by atoms with Crippen LogP contribution in [0.2, 0.25) is 0 Å². The van der Waals surface area contributed by atoms with E-state index in [4.69, 9.17) is 0 Å². The summed E-state index contributed by atoms with van der Waals surface area (Å²) in [7, 11) is -3.49. The van der Waals surface area contributed by atoms with Crippen molar-refractivity contribution in [2.45, 2.75) is 51.5 Å². The summed E-state index contributed by atoms with van der Waals surface area (Å²) < 4.78 is 27.2. The van der Waals surface area contributed by atoms with Gasteiger partial charge in [0, 0.05) is 31.6 Å². The van der Waals surface area contributed by atoms with E-state index in [-0.39, 0.29) is 30.3 Å². The van der Waals surface area contributed by atoms with Crippen LogP contribution in [0.3, 0.4) is 0 Å². The van der Waals surface area contributed by atoms with E-state index in [1.165, 1.54) is 4.31 Å². The van der Waals surface area contributed by atoms with Crippen molar-refractivity contribution >= 4 is 28.3 Å². The summed E-state index contributed by atoms with van der Waals surface area (Å²) in [5.41, 5.74) is 2.04. The molecule has 2 rings (SSSR count). The Bertz CT molecular complexity index is 732. The van der Waals surface area contributed by atoms with E-state index in [0.717, 1.165) is 17.7 Å². The van der Waals surface area contributed by atoms with E-state index in [1.807, 2.05) is 33.8 Å². The number of aryl methyl sites for hydroxylation is 2. The smallest absolute Gasteiger partial charge is 0.243 e. The van der Waals surface area contributed by atoms with Crippen LogP contribution in [0.25, 0.3) is 0 Å². The lowest BCUT2D eigenvalue weighted by atomic mass is 9.97. The van der Waals surface area contributed by atoms with Gasteiger partial charge in [-0.05, 0) is 63.4 Å². The highest BCUT2D eigenvalue weighted by atomic mass is 35.5. The van der Waals surface area contributed by atoms with Crippen LogP contribution in [0.15, 0.2) is 23.1 Å². The lowest BCUT2D eigenvalue weighted by molar-refractivity contribution is -0.126. The maximum Gasteiger partial charge on any atom is 0.243 e. The molecule has 0 aliphatic carbocycles. The first-order valence-corrected chi connectivity index (χ1v) is 10.8. The minimum absolute atomic E-state index is 0. The number of benzene rings is 1. The topological polar surface area (TPSA) is 78.5 Å². The SMILES string of the molecule is CCN[C@H](C)CNC(=O)C1CCN(S(=O)(=O)c2ccc(C)c(C)c2)CC1.Cl. The molecule has 1 heterocycles. The Kier molecular flexibility index (Phi) is 9.21. The molecule has 0 unspecified atom stereocenters. The Morgan fingerprint density at radius 2 is 1.85 bits per heavy atom. The average molecular weight is 418 g/mol. The molecule has 1 aromatic carbocycles. The number of nitrogens with zero attached hydrogens (tertiary/aromatic N) is 1. The highest BCUT2D eigenvalue weighted by molar-refractivity contribution is 7.89. The second-order valence-electron chi connectivity index (χ2n) is 7.13. The van der Waals surface area contributed by atoms with Crippen molar-refractivity contribution in [1.82, 2.24) is 14.9 Å². The van der Waals surface area contributed by atoms with Crippen LogP contribution in [0.5, 0.6) is 0 Å². The first-order valence-electron chi connectivity index (χ1n) is 9.34. The lowest BCUT2D eigenvalue weighted by Crippen LogP contribution is -2.45. The third-order valence-corrected chi connectivity index (χ3v) is 6.97. The zero-order valence-electron chi connectivity index (χ0n) is 16.6. The van der Waals surface area contributed by atoms with Gasteiger partial charge < -0.3 is 10.6 Å².